The first-order valence-electron chi connectivity index (χ1n) is 9.26. The van der Waals surface area contributed by atoms with Crippen molar-refractivity contribution in [3.8, 4) is 0 Å². The van der Waals surface area contributed by atoms with Gasteiger partial charge >= 0.3 is 0 Å². The molecule has 0 aromatic heterocycles. The van der Waals surface area contributed by atoms with Gasteiger partial charge in [0.1, 0.15) is 0 Å². The van der Waals surface area contributed by atoms with E-state index in [0.29, 0.717) is 18.1 Å². The summed E-state index contributed by atoms with van der Waals surface area (Å²) in [6.45, 7) is 5.95. The minimum Gasteiger partial charge on any atom is -0.381 e. The highest BCUT2D eigenvalue weighted by atomic mass is 127. The van der Waals surface area contributed by atoms with Crippen molar-refractivity contribution in [1.82, 2.24) is 10.6 Å². The molecule has 1 saturated carbocycles. The fourth-order valence-electron chi connectivity index (χ4n) is 2.35. The van der Waals surface area contributed by atoms with Gasteiger partial charge in [0.15, 0.2) is 5.96 Å². The number of ether oxygens (including phenoxy) is 1. The molecule has 7 heteroatoms. The highest BCUT2D eigenvalue weighted by Gasteiger charge is 2.20. The van der Waals surface area contributed by atoms with E-state index in [1.165, 1.54) is 12.8 Å². The maximum absolute atomic E-state index is 12.1. The Bertz CT molecular complexity index is 539. The average molecular weight is 493 g/mol. The molecule has 1 aliphatic rings. The molecule has 1 aromatic rings. The second-order valence-electron chi connectivity index (χ2n) is 6.33. The van der Waals surface area contributed by atoms with Gasteiger partial charge in [-0.05, 0) is 37.7 Å². The third-order valence-electron chi connectivity index (χ3n) is 3.90. The van der Waals surface area contributed by atoms with Gasteiger partial charge in [-0.25, -0.2) is 0 Å². The van der Waals surface area contributed by atoms with Crippen molar-refractivity contribution in [2.75, 3.05) is 38.6 Å². The predicted octanol–water partition coefficient (Wildman–Crippen LogP) is 2.93. The molecule has 1 fully saturated rings. The third kappa shape index (κ3) is 11.1. The van der Waals surface area contributed by atoms with Gasteiger partial charge in [0, 0.05) is 55.2 Å². The monoisotopic (exact) mass is 493 g/mol. The van der Waals surface area contributed by atoms with Gasteiger partial charge in [-0.1, -0.05) is 30.3 Å². The van der Waals surface area contributed by atoms with E-state index in [2.05, 4.69) is 15.6 Å². The Kier molecular flexibility index (Phi) is 12.9. The molecule has 0 heterocycles. The molecule has 1 atom stereocenters. The molecule has 148 valence electrons. The van der Waals surface area contributed by atoms with Crippen LogP contribution in [0.1, 0.15) is 31.7 Å². The van der Waals surface area contributed by atoms with Crippen molar-refractivity contribution < 1.29 is 8.95 Å². The van der Waals surface area contributed by atoms with Gasteiger partial charge in [-0.15, -0.1) is 24.0 Å². The van der Waals surface area contributed by atoms with Crippen LogP contribution in [-0.2, 0) is 21.3 Å². The zero-order chi connectivity index (χ0) is 17.7. The molecule has 1 unspecified atom stereocenters. The van der Waals surface area contributed by atoms with E-state index < -0.39 is 10.8 Å². The van der Waals surface area contributed by atoms with Crippen LogP contribution in [0, 0.1) is 5.92 Å². The van der Waals surface area contributed by atoms with Crippen LogP contribution < -0.4 is 10.6 Å². The summed E-state index contributed by atoms with van der Waals surface area (Å²) in [4.78, 5) is 4.54. The summed E-state index contributed by atoms with van der Waals surface area (Å²) in [6.07, 6.45) is 3.60. The Morgan fingerprint density at radius 3 is 2.73 bits per heavy atom. The van der Waals surface area contributed by atoms with Crippen LogP contribution in [0.2, 0.25) is 0 Å². The van der Waals surface area contributed by atoms with E-state index in [-0.39, 0.29) is 24.0 Å². The first-order valence-corrected chi connectivity index (χ1v) is 10.8. The first kappa shape index (κ1) is 23.4. The standard InChI is InChI=1S/C19H31N3O2S.HI/c1-2-20-19(21-11-6-13-24-15-17-9-10-17)22-12-14-25(23)16-18-7-4-3-5-8-18;/h3-5,7-8,17H,2,6,9-16H2,1H3,(H2,20,21,22);1H. The van der Waals surface area contributed by atoms with Gasteiger partial charge < -0.3 is 15.4 Å². The maximum atomic E-state index is 12.1. The Balaban J connectivity index is 0.00000338. The van der Waals surface area contributed by atoms with Crippen LogP contribution >= 0.6 is 24.0 Å². The lowest BCUT2D eigenvalue weighted by molar-refractivity contribution is 0.123. The molecule has 26 heavy (non-hydrogen) atoms. The van der Waals surface area contributed by atoms with Crippen LogP contribution in [0.5, 0.6) is 0 Å². The molecule has 5 nitrogen and oxygen atoms in total. The summed E-state index contributed by atoms with van der Waals surface area (Å²) in [5.41, 5.74) is 1.12. The average Bonchev–Trinajstić information content (AvgIpc) is 3.43. The number of hydrogen-bond acceptors (Lipinski definition) is 3. The van der Waals surface area contributed by atoms with Crippen LogP contribution in [0.4, 0.5) is 0 Å². The second kappa shape index (κ2) is 14.4. The zero-order valence-electron chi connectivity index (χ0n) is 15.6. The number of nitrogens with zero attached hydrogens (tertiary/aromatic N) is 1. The molecular formula is C19H32IN3O2S. The molecule has 2 rings (SSSR count). The summed E-state index contributed by atoms with van der Waals surface area (Å²) >= 11 is 0. The van der Waals surface area contributed by atoms with Crippen molar-refractivity contribution in [3.63, 3.8) is 0 Å². The van der Waals surface area contributed by atoms with Crippen molar-refractivity contribution >= 4 is 40.7 Å². The maximum Gasteiger partial charge on any atom is 0.191 e. The predicted molar refractivity (Wildman–Crippen MR) is 121 cm³/mol. The lowest BCUT2D eigenvalue weighted by atomic mass is 10.2. The molecule has 0 saturated heterocycles. The van der Waals surface area contributed by atoms with Crippen molar-refractivity contribution in [2.24, 2.45) is 10.9 Å². The highest BCUT2D eigenvalue weighted by Crippen LogP contribution is 2.28. The van der Waals surface area contributed by atoms with Crippen molar-refractivity contribution in [3.05, 3.63) is 35.9 Å². The minimum atomic E-state index is -0.865. The van der Waals surface area contributed by atoms with E-state index in [0.717, 1.165) is 50.2 Å². The van der Waals surface area contributed by atoms with E-state index in [9.17, 15) is 4.21 Å². The second-order valence-corrected chi connectivity index (χ2v) is 7.91. The Morgan fingerprint density at radius 2 is 2.04 bits per heavy atom. The fraction of sp³-hybridized carbons (Fsp3) is 0.632. The highest BCUT2D eigenvalue weighted by molar-refractivity contribution is 14.0. The smallest absolute Gasteiger partial charge is 0.191 e. The van der Waals surface area contributed by atoms with E-state index in [1.807, 2.05) is 37.3 Å². The molecule has 0 spiro atoms. The number of guanidine groups is 1. The summed E-state index contributed by atoms with van der Waals surface area (Å²) in [5, 5.41) is 6.49. The van der Waals surface area contributed by atoms with E-state index in [1.54, 1.807) is 0 Å². The number of hydrogen-bond donors (Lipinski definition) is 2. The third-order valence-corrected chi connectivity index (χ3v) is 5.22. The molecule has 0 amide bonds. The van der Waals surface area contributed by atoms with E-state index >= 15 is 0 Å². The summed E-state index contributed by atoms with van der Waals surface area (Å²) < 4.78 is 17.8. The quantitative estimate of drug-likeness (QED) is 0.204. The molecule has 2 N–H and O–H groups in total. The molecule has 0 aliphatic heterocycles. The summed E-state index contributed by atoms with van der Waals surface area (Å²) in [7, 11) is -0.865. The molecule has 0 radical (unpaired) electrons. The van der Waals surface area contributed by atoms with E-state index in [4.69, 9.17) is 4.74 Å². The number of benzene rings is 1. The lowest BCUT2D eigenvalue weighted by Gasteiger charge is -2.11. The van der Waals surface area contributed by atoms with Crippen LogP contribution in [-0.4, -0.2) is 48.8 Å². The minimum absolute atomic E-state index is 0. The number of aliphatic imine (C=N–C) groups is 1. The number of halogens is 1. The molecular weight excluding hydrogens is 461 g/mol. The molecule has 0 bridgehead atoms. The fourth-order valence-corrected chi connectivity index (χ4v) is 3.39. The Morgan fingerprint density at radius 1 is 1.27 bits per heavy atom. The van der Waals surface area contributed by atoms with Crippen LogP contribution in [0.15, 0.2) is 35.3 Å². The van der Waals surface area contributed by atoms with Gasteiger partial charge in [0.05, 0.1) is 0 Å². The van der Waals surface area contributed by atoms with Crippen LogP contribution in [0.25, 0.3) is 0 Å². The Hall–Kier alpha value is -0.670. The van der Waals surface area contributed by atoms with Gasteiger partial charge in [-0.2, -0.15) is 0 Å². The largest absolute Gasteiger partial charge is 0.381 e. The van der Waals surface area contributed by atoms with Crippen molar-refractivity contribution in [2.45, 2.75) is 31.9 Å². The number of nitrogens with one attached hydrogen (secondary N) is 2. The summed E-state index contributed by atoms with van der Waals surface area (Å²) in [6, 6.07) is 9.97. The van der Waals surface area contributed by atoms with Gasteiger partial charge in [0.25, 0.3) is 0 Å². The lowest BCUT2D eigenvalue weighted by Crippen LogP contribution is -2.39. The van der Waals surface area contributed by atoms with Crippen LogP contribution in [0.3, 0.4) is 0 Å². The first-order chi connectivity index (χ1) is 12.3. The normalized spacial score (nSPS) is 15.2. The topological polar surface area (TPSA) is 62.7 Å². The van der Waals surface area contributed by atoms with Gasteiger partial charge in [0.2, 0.25) is 0 Å². The van der Waals surface area contributed by atoms with Crippen molar-refractivity contribution in [1.29, 1.82) is 0 Å². The van der Waals surface area contributed by atoms with Gasteiger partial charge in [-0.3, -0.25) is 9.20 Å². The zero-order valence-corrected chi connectivity index (χ0v) is 18.8. The SMILES string of the molecule is CCNC(=NCCCOCC1CC1)NCCS(=O)Cc1ccccc1.I. The Labute approximate surface area is 177 Å². The molecule has 1 aromatic carbocycles. The molecule has 1 aliphatic carbocycles. The number of rotatable bonds is 12. The summed E-state index contributed by atoms with van der Waals surface area (Å²) in [5.74, 6) is 2.83.